The van der Waals surface area contributed by atoms with Crippen molar-refractivity contribution in [3.8, 4) is 17.6 Å². The van der Waals surface area contributed by atoms with Gasteiger partial charge in [-0.15, -0.1) is 0 Å². The number of benzene rings is 2. The summed E-state index contributed by atoms with van der Waals surface area (Å²) in [4.78, 5) is 0. The molecule has 2 heteroatoms. The summed E-state index contributed by atoms with van der Waals surface area (Å²) in [6.45, 7) is 2.12. The van der Waals surface area contributed by atoms with Crippen LogP contribution in [0.3, 0.4) is 0 Å². The molecule has 168 valence electrons. The summed E-state index contributed by atoms with van der Waals surface area (Å²) >= 11 is 0. The first-order chi connectivity index (χ1) is 15.7. The third-order valence-corrected chi connectivity index (χ3v) is 7.58. The lowest BCUT2D eigenvalue weighted by Crippen LogP contribution is -2.30. The van der Waals surface area contributed by atoms with E-state index in [9.17, 15) is 4.39 Å². The second-order valence-corrected chi connectivity index (χ2v) is 9.58. The highest BCUT2D eigenvalue weighted by atomic mass is 19.1. The van der Waals surface area contributed by atoms with Crippen molar-refractivity contribution in [2.75, 3.05) is 7.11 Å². The SMILES string of the molecule is C/C=C/CCC1CCC2CC(c3ccc(C#Cc4ccc(OC)c(F)c4)cc3)CCC2C1. The Morgan fingerprint density at radius 1 is 0.938 bits per heavy atom. The van der Waals surface area contributed by atoms with Crippen LogP contribution in [0.5, 0.6) is 5.75 Å². The van der Waals surface area contributed by atoms with Gasteiger partial charge >= 0.3 is 0 Å². The summed E-state index contributed by atoms with van der Waals surface area (Å²) < 4.78 is 18.8. The molecule has 0 heterocycles. The smallest absolute Gasteiger partial charge is 0.166 e. The lowest BCUT2D eigenvalue weighted by molar-refractivity contribution is 0.115. The molecule has 0 saturated heterocycles. The molecule has 0 bridgehead atoms. The normalized spacial score (nSPS) is 25.1. The molecule has 2 aliphatic carbocycles. The highest BCUT2D eigenvalue weighted by Crippen LogP contribution is 2.48. The van der Waals surface area contributed by atoms with E-state index in [0.29, 0.717) is 11.5 Å². The topological polar surface area (TPSA) is 9.23 Å². The molecule has 32 heavy (non-hydrogen) atoms. The van der Waals surface area contributed by atoms with Gasteiger partial charge in [0.15, 0.2) is 11.6 Å². The minimum Gasteiger partial charge on any atom is -0.494 e. The maximum Gasteiger partial charge on any atom is 0.166 e. The standard InChI is InChI=1S/C30H35FO/c1-3-4-5-6-23-11-15-28-21-27(17-16-26(28)19-23)25-13-9-22(10-14-25)7-8-24-12-18-30(32-2)29(31)20-24/h3-4,9-10,12-14,18,20,23,26-28H,5-6,11,15-17,19,21H2,1-2H3/b4-3+. The fraction of sp³-hybridized carbons (Fsp3) is 0.467. The van der Waals surface area contributed by atoms with Gasteiger partial charge in [-0.2, -0.15) is 0 Å². The monoisotopic (exact) mass is 430 g/mol. The second kappa shape index (κ2) is 10.9. The van der Waals surface area contributed by atoms with E-state index >= 15 is 0 Å². The van der Waals surface area contributed by atoms with Gasteiger partial charge in [-0.25, -0.2) is 4.39 Å². The van der Waals surface area contributed by atoms with Gasteiger partial charge in [0.1, 0.15) is 0 Å². The minimum absolute atomic E-state index is 0.247. The molecule has 2 aromatic rings. The number of hydrogen-bond donors (Lipinski definition) is 0. The van der Waals surface area contributed by atoms with E-state index in [-0.39, 0.29) is 11.6 Å². The number of ether oxygens (including phenoxy) is 1. The lowest BCUT2D eigenvalue weighted by atomic mass is 9.63. The summed E-state index contributed by atoms with van der Waals surface area (Å²) in [5.74, 6) is 9.59. The van der Waals surface area contributed by atoms with Crippen LogP contribution >= 0.6 is 0 Å². The highest BCUT2D eigenvalue weighted by Gasteiger charge is 2.35. The van der Waals surface area contributed by atoms with E-state index in [1.165, 1.54) is 70.1 Å². The molecule has 4 unspecified atom stereocenters. The Bertz CT molecular complexity index is 978. The molecule has 4 rings (SSSR count). The molecule has 0 N–H and O–H groups in total. The number of hydrogen-bond acceptors (Lipinski definition) is 1. The maximum atomic E-state index is 13.8. The van der Waals surface area contributed by atoms with Crippen LogP contribution in [0.15, 0.2) is 54.6 Å². The number of rotatable bonds is 5. The first-order valence-electron chi connectivity index (χ1n) is 12.2. The van der Waals surface area contributed by atoms with Crippen LogP contribution in [-0.4, -0.2) is 7.11 Å². The van der Waals surface area contributed by atoms with Crippen LogP contribution in [0.4, 0.5) is 4.39 Å². The van der Waals surface area contributed by atoms with E-state index in [2.05, 4.69) is 55.2 Å². The molecule has 2 aliphatic rings. The van der Waals surface area contributed by atoms with Crippen LogP contribution in [0.2, 0.25) is 0 Å². The summed E-state index contributed by atoms with van der Waals surface area (Å²) in [5.41, 5.74) is 3.09. The van der Waals surface area contributed by atoms with Crippen molar-refractivity contribution in [2.45, 2.75) is 64.2 Å². The van der Waals surface area contributed by atoms with Crippen molar-refractivity contribution < 1.29 is 9.13 Å². The molecule has 0 spiro atoms. The number of halogens is 1. The van der Waals surface area contributed by atoms with Crippen molar-refractivity contribution in [3.63, 3.8) is 0 Å². The predicted molar refractivity (Wildman–Crippen MR) is 130 cm³/mol. The van der Waals surface area contributed by atoms with Crippen LogP contribution in [-0.2, 0) is 0 Å². The highest BCUT2D eigenvalue weighted by molar-refractivity contribution is 5.45. The third-order valence-electron chi connectivity index (χ3n) is 7.58. The molecule has 2 saturated carbocycles. The van der Waals surface area contributed by atoms with Crippen molar-refractivity contribution in [1.82, 2.24) is 0 Å². The molecule has 1 nitrogen and oxygen atoms in total. The van der Waals surface area contributed by atoms with Gasteiger partial charge < -0.3 is 4.74 Å². The Morgan fingerprint density at radius 2 is 1.66 bits per heavy atom. The Hall–Kier alpha value is -2.53. The maximum absolute atomic E-state index is 13.8. The summed E-state index contributed by atoms with van der Waals surface area (Å²) in [6, 6.07) is 13.6. The summed E-state index contributed by atoms with van der Waals surface area (Å²) in [6.07, 6.45) is 15.5. The molecular weight excluding hydrogens is 395 g/mol. The van der Waals surface area contributed by atoms with Crippen molar-refractivity contribution in [2.24, 2.45) is 17.8 Å². The average molecular weight is 431 g/mol. The van der Waals surface area contributed by atoms with E-state index < -0.39 is 0 Å². The van der Waals surface area contributed by atoms with E-state index in [1.807, 2.05) is 0 Å². The van der Waals surface area contributed by atoms with Gasteiger partial charge in [0.25, 0.3) is 0 Å². The molecule has 4 atom stereocenters. The van der Waals surface area contributed by atoms with Gasteiger partial charge in [0, 0.05) is 11.1 Å². The molecule has 0 aliphatic heterocycles. The van der Waals surface area contributed by atoms with Crippen LogP contribution in [0.25, 0.3) is 0 Å². The lowest BCUT2D eigenvalue weighted by Gasteiger charge is -2.42. The summed E-state index contributed by atoms with van der Waals surface area (Å²) in [7, 11) is 1.47. The molecule has 2 aromatic carbocycles. The van der Waals surface area contributed by atoms with Gasteiger partial charge in [0.05, 0.1) is 7.11 Å². The zero-order valence-corrected chi connectivity index (χ0v) is 19.4. The fourth-order valence-corrected chi connectivity index (χ4v) is 5.78. The zero-order valence-electron chi connectivity index (χ0n) is 19.4. The van der Waals surface area contributed by atoms with Gasteiger partial charge in [-0.1, -0.05) is 42.5 Å². The number of allylic oxidation sites excluding steroid dienone is 2. The zero-order chi connectivity index (χ0) is 22.3. The Labute approximate surface area is 193 Å². The van der Waals surface area contributed by atoms with E-state index in [4.69, 9.17) is 4.74 Å². The first kappa shape index (κ1) is 22.7. The minimum atomic E-state index is -0.378. The van der Waals surface area contributed by atoms with E-state index in [1.54, 1.807) is 12.1 Å². The van der Waals surface area contributed by atoms with Crippen LogP contribution in [0.1, 0.15) is 80.9 Å². The Balaban J connectivity index is 1.33. The van der Waals surface area contributed by atoms with Gasteiger partial charge in [0.2, 0.25) is 0 Å². The third kappa shape index (κ3) is 5.63. The second-order valence-electron chi connectivity index (χ2n) is 9.58. The molecule has 2 fully saturated rings. The molecule has 0 radical (unpaired) electrons. The van der Waals surface area contributed by atoms with Gasteiger partial charge in [-0.05, 0) is 111 Å². The van der Waals surface area contributed by atoms with Crippen molar-refractivity contribution >= 4 is 0 Å². The first-order valence-corrected chi connectivity index (χ1v) is 12.2. The quantitative estimate of drug-likeness (QED) is 0.346. The fourth-order valence-electron chi connectivity index (χ4n) is 5.78. The van der Waals surface area contributed by atoms with Crippen LogP contribution in [0, 0.1) is 35.4 Å². The van der Waals surface area contributed by atoms with E-state index in [0.717, 1.165) is 23.3 Å². The van der Waals surface area contributed by atoms with Crippen LogP contribution < -0.4 is 4.74 Å². The van der Waals surface area contributed by atoms with Crippen molar-refractivity contribution in [1.29, 1.82) is 0 Å². The van der Waals surface area contributed by atoms with Crippen molar-refractivity contribution in [3.05, 3.63) is 77.1 Å². The number of fused-ring (bicyclic) bond motifs is 1. The Kier molecular flexibility index (Phi) is 7.69. The van der Waals surface area contributed by atoms with Gasteiger partial charge in [-0.3, -0.25) is 0 Å². The molecule has 0 amide bonds. The number of methoxy groups -OCH3 is 1. The predicted octanol–water partition coefficient (Wildman–Crippen LogP) is 7.89. The average Bonchev–Trinajstić information content (AvgIpc) is 2.83. The molecular formula is C30H35FO. The molecule has 0 aromatic heterocycles. The summed E-state index contributed by atoms with van der Waals surface area (Å²) in [5, 5.41) is 0. The largest absolute Gasteiger partial charge is 0.494 e. The Morgan fingerprint density at radius 3 is 2.41 bits per heavy atom.